The fourth-order valence-corrected chi connectivity index (χ4v) is 3.33. The zero-order valence-corrected chi connectivity index (χ0v) is 16.6. The molecule has 1 aliphatic heterocycles. The zero-order valence-electron chi connectivity index (χ0n) is 16.6. The molecule has 0 spiro atoms. The number of ether oxygens (including phenoxy) is 1. The average molecular weight is 381 g/mol. The molecule has 8 nitrogen and oxygen atoms in total. The van der Waals surface area contributed by atoms with Crippen molar-refractivity contribution in [2.75, 3.05) is 48.4 Å². The third-order valence-corrected chi connectivity index (χ3v) is 4.82. The summed E-state index contributed by atoms with van der Waals surface area (Å²) in [6.45, 7) is 10.5. The SMILES string of the molecule is CCNc1nc(Nc2ccc(N3CCOCC3)cc2)c2ncn(C(C)C)c2n1. The molecule has 148 valence electrons. The van der Waals surface area contributed by atoms with Gasteiger partial charge >= 0.3 is 0 Å². The van der Waals surface area contributed by atoms with Gasteiger partial charge in [-0.2, -0.15) is 9.97 Å². The van der Waals surface area contributed by atoms with Crippen LogP contribution >= 0.6 is 0 Å². The Bertz CT molecular complexity index is 930. The van der Waals surface area contributed by atoms with Crippen LogP contribution in [0.25, 0.3) is 11.2 Å². The number of hydrogen-bond acceptors (Lipinski definition) is 7. The molecule has 4 rings (SSSR count). The molecule has 0 bridgehead atoms. The second-order valence-corrected chi connectivity index (χ2v) is 7.12. The van der Waals surface area contributed by atoms with Crippen molar-refractivity contribution in [3.8, 4) is 0 Å². The Morgan fingerprint density at radius 2 is 1.86 bits per heavy atom. The number of morpholine rings is 1. The normalized spacial score (nSPS) is 14.6. The molecule has 1 fully saturated rings. The smallest absolute Gasteiger partial charge is 0.226 e. The first-order chi connectivity index (χ1) is 13.7. The number of hydrogen-bond donors (Lipinski definition) is 2. The molecule has 8 heteroatoms. The summed E-state index contributed by atoms with van der Waals surface area (Å²) in [4.78, 5) is 16.2. The fraction of sp³-hybridized carbons (Fsp3) is 0.450. The summed E-state index contributed by atoms with van der Waals surface area (Å²) in [6.07, 6.45) is 1.83. The summed E-state index contributed by atoms with van der Waals surface area (Å²) in [5.74, 6) is 1.31. The average Bonchev–Trinajstić information content (AvgIpc) is 3.14. The van der Waals surface area contributed by atoms with Gasteiger partial charge in [0.2, 0.25) is 5.95 Å². The largest absolute Gasteiger partial charge is 0.378 e. The van der Waals surface area contributed by atoms with Crippen molar-refractivity contribution in [2.24, 2.45) is 0 Å². The first-order valence-electron chi connectivity index (χ1n) is 9.84. The van der Waals surface area contributed by atoms with Gasteiger partial charge in [-0.3, -0.25) is 0 Å². The van der Waals surface area contributed by atoms with Crippen molar-refractivity contribution in [3.63, 3.8) is 0 Å². The molecule has 0 radical (unpaired) electrons. The van der Waals surface area contributed by atoms with Crippen LogP contribution < -0.4 is 15.5 Å². The number of fused-ring (bicyclic) bond motifs is 1. The lowest BCUT2D eigenvalue weighted by molar-refractivity contribution is 0.122. The number of rotatable bonds is 6. The van der Waals surface area contributed by atoms with Crippen LogP contribution in [0.2, 0.25) is 0 Å². The van der Waals surface area contributed by atoms with Gasteiger partial charge < -0.3 is 24.8 Å². The predicted octanol–water partition coefficient (Wildman–Crippen LogP) is 3.42. The Morgan fingerprint density at radius 3 is 2.54 bits per heavy atom. The summed E-state index contributed by atoms with van der Waals surface area (Å²) in [5, 5.41) is 6.63. The Labute approximate surface area is 164 Å². The van der Waals surface area contributed by atoms with E-state index >= 15 is 0 Å². The number of nitrogens with zero attached hydrogens (tertiary/aromatic N) is 5. The van der Waals surface area contributed by atoms with Gasteiger partial charge in [0.25, 0.3) is 0 Å². The number of nitrogens with one attached hydrogen (secondary N) is 2. The Morgan fingerprint density at radius 1 is 1.11 bits per heavy atom. The molecule has 3 aromatic rings. The second kappa shape index (κ2) is 8.02. The zero-order chi connectivity index (χ0) is 19.5. The maximum absolute atomic E-state index is 5.43. The Hall–Kier alpha value is -2.87. The predicted molar refractivity (Wildman–Crippen MR) is 113 cm³/mol. The standard InChI is InChI=1S/C20H27N7O/c1-4-21-20-24-18(17-19(25-20)27(13-22-17)14(2)3)23-15-5-7-16(8-6-15)26-9-11-28-12-10-26/h5-8,13-14H,4,9-12H2,1-3H3,(H2,21,23,24,25). The van der Waals surface area contributed by atoms with Gasteiger partial charge in [-0.15, -0.1) is 0 Å². The minimum Gasteiger partial charge on any atom is -0.378 e. The topological polar surface area (TPSA) is 80.1 Å². The first-order valence-corrected chi connectivity index (χ1v) is 9.84. The third-order valence-electron chi connectivity index (χ3n) is 4.82. The number of imidazole rings is 1. The van der Waals surface area contributed by atoms with Crippen LogP contribution in [0.1, 0.15) is 26.8 Å². The molecule has 2 N–H and O–H groups in total. The van der Waals surface area contributed by atoms with Gasteiger partial charge in [0, 0.05) is 37.1 Å². The van der Waals surface area contributed by atoms with Crippen LogP contribution in [0.5, 0.6) is 0 Å². The van der Waals surface area contributed by atoms with Crippen LogP contribution in [0.4, 0.5) is 23.1 Å². The second-order valence-electron chi connectivity index (χ2n) is 7.12. The van der Waals surface area contributed by atoms with E-state index in [-0.39, 0.29) is 6.04 Å². The first kappa shape index (κ1) is 18.5. The molecule has 28 heavy (non-hydrogen) atoms. The lowest BCUT2D eigenvalue weighted by Gasteiger charge is -2.28. The van der Waals surface area contributed by atoms with Crippen LogP contribution in [-0.2, 0) is 4.74 Å². The molecule has 1 aliphatic rings. The number of benzene rings is 1. The van der Waals surface area contributed by atoms with E-state index in [4.69, 9.17) is 4.74 Å². The summed E-state index contributed by atoms with van der Waals surface area (Å²) in [7, 11) is 0. The Kier molecular flexibility index (Phi) is 5.29. The molecule has 0 unspecified atom stereocenters. The lowest BCUT2D eigenvalue weighted by atomic mass is 10.2. The highest BCUT2D eigenvalue weighted by Crippen LogP contribution is 2.27. The number of aromatic nitrogens is 4. The highest BCUT2D eigenvalue weighted by molar-refractivity contribution is 5.86. The summed E-state index contributed by atoms with van der Waals surface area (Å²) >= 11 is 0. The molecule has 3 heterocycles. The van der Waals surface area contributed by atoms with E-state index in [0.717, 1.165) is 49.7 Å². The highest BCUT2D eigenvalue weighted by Gasteiger charge is 2.15. The Balaban J connectivity index is 1.63. The molecular formula is C20H27N7O. The summed E-state index contributed by atoms with van der Waals surface area (Å²) < 4.78 is 7.49. The van der Waals surface area contributed by atoms with Gasteiger partial charge in [-0.1, -0.05) is 0 Å². The quantitative estimate of drug-likeness (QED) is 0.677. The van der Waals surface area contributed by atoms with Crippen molar-refractivity contribution < 1.29 is 4.74 Å². The van der Waals surface area contributed by atoms with Crippen molar-refractivity contribution >= 4 is 34.3 Å². The minimum absolute atomic E-state index is 0.273. The number of anilines is 4. The van der Waals surface area contributed by atoms with E-state index in [9.17, 15) is 0 Å². The van der Waals surface area contributed by atoms with Gasteiger partial charge in [-0.05, 0) is 45.0 Å². The molecule has 1 aromatic carbocycles. The maximum Gasteiger partial charge on any atom is 0.226 e. The minimum atomic E-state index is 0.273. The van der Waals surface area contributed by atoms with E-state index in [1.165, 1.54) is 5.69 Å². The molecular weight excluding hydrogens is 354 g/mol. The molecule has 0 atom stereocenters. The van der Waals surface area contributed by atoms with E-state index in [1.54, 1.807) is 0 Å². The third kappa shape index (κ3) is 3.73. The molecule has 0 amide bonds. The van der Waals surface area contributed by atoms with Crippen LogP contribution in [0, 0.1) is 0 Å². The van der Waals surface area contributed by atoms with E-state index in [0.29, 0.717) is 11.8 Å². The van der Waals surface area contributed by atoms with Crippen LogP contribution in [-0.4, -0.2) is 52.4 Å². The highest BCUT2D eigenvalue weighted by atomic mass is 16.5. The van der Waals surface area contributed by atoms with Gasteiger partial charge in [0.1, 0.15) is 0 Å². The van der Waals surface area contributed by atoms with Crippen molar-refractivity contribution in [1.82, 2.24) is 19.5 Å². The van der Waals surface area contributed by atoms with Gasteiger partial charge in [0.05, 0.1) is 19.5 Å². The van der Waals surface area contributed by atoms with E-state index in [1.807, 2.05) is 13.3 Å². The summed E-state index contributed by atoms with van der Waals surface area (Å²) in [6, 6.07) is 8.68. The van der Waals surface area contributed by atoms with Crippen LogP contribution in [0.15, 0.2) is 30.6 Å². The molecule has 2 aromatic heterocycles. The van der Waals surface area contributed by atoms with E-state index in [2.05, 4.69) is 73.2 Å². The maximum atomic E-state index is 5.43. The van der Waals surface area contributed by atoms with Gasteiger partial charge in [0.15, 0.2) is 17.0 Å². The fourth-order valence-electron chi connectivity index (χ4n) is 3.33. The summed E-state index contributed by atoms with van der Waals surface area (Å²) in [5.41, 5.74) is 3.78. The molecule has 0 saturated carbocycles. The molecule has 0 aliphatic carbocycles. The van der Waals surface area contributed by atoms with Crippen LogP contribution in [0.3, 0.4) is 0 Å². The van der Waals surface area contributed by atoms with Gasteiger partial charge in [-0.25, -0.2) is 4.98 Å². The van der Waals surface area contributed by atoms with Crippen molar-refractivity contribution in [1.29, 1.82) is 0 Å². The van der Waals surface area contributed by atoms with Crippen molar-refractivity contribution in [3.05, 3.63) is 30.6 Å². The lowest BCUT2D eigenvalue weighted by Crippen LogP contribution is -2.36. The van der Waals surface area contributed by atoms with E-state index < -0.39 is 0 Å². The monoisotopic (exact) mass is 381 g/mol. The molecule has 1 saturated heterocycles. The van der Waals surface area contributed by atoms with Crippen molar-refractivity contribution in [2.45, 2.75) is 26.8 Å².